The van der Waals surface area contributed by atoms with Crippen LogP contribution in [0.15, 0.2) is 103 Å². The maximum atomic E-state index is 10.3. The van der Waals surface area contributed by atoms with Crippen LogP contribution in [0.2, 0.25) is 0 Å². The van der Waals surface area contributed by atoms with Crippen LogP contribution in [0.25, 0.3) is 0 Å². The van der Waals surface area contributed by atoms with Gasteiger partial charge in [0, 0.05) is 5.56 Å². The average Bonchev–Trinajstić information content (AvgIpc) is 3.00. The van der Waals surface area contributed by atoms with E-state index in [1.54, 1.807) is 0 Å². The van der Waals surface area contributed by atoms with Gasteiger partial charge in [0.2, 0.25) is 6.41 Å². The first-order valence-electron chi connectivity index (χ1n) is 13.2. The molecule has 0 aromatic heterocycles. The predicted molar refractivity (Wildman–Crippen MR) is 166 cm³/mol. The van der Waals surface area contributed by atoms with Gasteiger partial charge in [-0.3, -0.25) is 9.59 Å². The number of para-hydroxylation sites is 1. The summed E-state index contributed by atoms with van der Waals surface area (Å²) < 4.78 is 11.5. The molecule has 6 heteroatoms. The minimum Gasteiger partial charge on any atom is -0.457 e. The van der Waals surface area contributed by atoms with E-state index in [0.717, 1.165) is 35.3 Å². The molecule has 0 atom stereocenters. The van der Waals surface area contributed by atoms with Crippen molar-refractivity contribution < 1.29 is 19.1 Å². The van der Waals surface area contributed by atoms with Crippen molar-refractivity contribution in [1.29, 1.82) is 0 Å². The molecule has 40 heavy (non-hydrogen) atoms. The van der Waals surface area contributed by atoms with E-state index in [0.29, 0.717) is 13.2 Å². The lowest BCUT2D eigenvalue weighted by atomic mass is 10.1. The summed E-state index contributed by atoms with van der Waals surface area (Å²) in [5, 5.41) is 0. The second kappa shape index (κ2) is 23.8. The summed E-state index contributed by atoms with van der Waals surface area (Å²) in [5.74, 6) is 1.71. The summed E-state index contributed by atoms with van der Waals surface area (Å²) in [5.41, 5.74) is 14.2. The van der Waals surface area contributed by atoms with Gasteiger partial charge < -0.3 is 20.9 Å². The molecule has 214 valence electrons. The SMILES string of the molecule is CC.CN.Cc1ccc(C=O)c(C)c1.NC=O.c1ccc(COCCc2ccc(Oc3ccccc3)cc2)cc1. The fourth-order valence-electron chi connectivity index (χ4n) is 3.26. The second-order valence-electron chi connectivity index (χ2n) is 7.96. The quantitative estimate of drug-likeness (QED) is 0.183. The van der Waals surface area contributed by atoms with E-state index in [2.05, 4.69) is 35.7 Å². The van der Waals surface area contributed by atoms with Gasteiger partial charge in [-0.1, -0.05) is 98.3 Å². The summed E-state index contributed by atoms with van der Waals surface area (Å²) in [6.07, 6.45) is 2.03. The van der Waals surface area contributed by atoms with Gasteiger partial charge >= 0.3 is 0 Å². The molecule has 4 rings (SSSR count). The normalized spacial score (nSPS) is 8.95. The number of hydrogen-bond donors (Lipinski definition) is 2. The Labute approximate surface area is 240 Å². The van der Waals surface area contributed by atoms with Crippen molar-refractivity contribution in [2.45, 2.75) is 40.7 Å². The number of hydrogen-bond acceptors (Lipinski definition) is 5. The molecular weight excluding hydrogens is 500 g/mol. The Kier molecular flexibility index (Phi) is 21.3. The highest BCUT2D eigenvalue weighted by Gasteiger charge is 1.99. The lowest BCUT2D eigenvalue weighted by Gasteiger charge is -2.07. The van der Waals surface area contributed by atoms with Crippen LogP contribution in [-0.4, -0.2) is 26.4 Å². The first-order chi connectivity index (χ1) is 19.5. The maximum absolute atomic E-state index is 10.3. The van der Waals surface area contributed by atoms with Crippen LogP contribution in [-0.2, 0) is 22.6 Å². The Bertz CT molecular complexity index is 1170. The summed E-state index contributed by atoms with van der Waals surface area (Å²) >= 11 is 0. The Morgan fingerprint density at radius 2 is 1.23 bits per heavy atom. The Hall–Kier alpha value is -4.26. The van der Waals surface area contributed by atoms with Gasteiger partial charge in [0.25, 0.3) is 0 Å². The monoisotopic (exact) mass is 544 g/mol. The van der Waals surface area contributed by atoms with Crippen LogP contribution in [0.1, 0.15) is 46.5 Å². The molecule has 6 nitrogen and oxygen atoms in total. The number of carbonyl (C=O) groups is 2. The van der Waals surface area contributed by atoms with Crippen molar-refractivity contribution in [2.24, 2.45) is 11.5 Å². The average molecular weight is 545 g/mol. The molecule has 1 amide bonds. The molecule has 4 aromatic carbocycles. The molecule has 0 bridgehead atoms. The first-order valence-corrected chi connectivity index (χ1v) is 13.2. The van der Waals surface area contributed by atoms with E-state index in [1.165, 1.54) is 23.7 Å². The van der Waals surface area contributed by atoms with Crippen LogP contribution in [0, 0.1) is 13.8 Å². The molecule has 4 aromatic rings. The van der Waals surface area contributed by atoms with Gasteiger partial charge in [0.15, 0.2) is 0 Å². The number of aldehydes is 1. The van der Waals surface area contributed by atoms with E-state index < -0.39 is 0 Å². The Balaban J connectivity index is 0.000000745. The minimum absolute atomic E-state index is 0.250. The zero-order chi connectivity index (χ0) is 30.0. The molecule has 0 heterocycles. The highest BCUT2D eigenvalue weighted by molar-refractivity contribution is 5.77. The van der Waals surface area contributed by atoms with Gasteiger partial charge in [-0.15, -0.1) is 0 Å². The van der Waals surface area contributed by atoms with E-state index in [-0.39, 0.29) is 6.41 Å². The lowest BCUT2D eigenvalue weighted by Crippen LogP contribution is -1.99. The molecule has 0 saturated heterocycles. The van der Waals surface area contributed by atoms with Crippen LogP contribution in [0.4, 0.5) is 0 Å². The molecule has 0 radical (unpaired) electrons. The van der Waals surface area contributed by atoms with Gasteiger partial charge in [-0.25, -0.2) is 0 Å². The summed E-state index contributed by atoms with van der Waals surface area (Å²) in [6, 6.07) is 34.0. The molecular formula is C34H44N2O4. The number of benzene rings is 4. The van der Waals surface area contributed by atoms with E-state index in [4.69, 9.17) is 14.3 Å². The third-order valence-electron chi connectivity index (χ3n) is 5.10. The molecule has 0 aliphatic heterocycles. The highest BCUT2D eigenvalue weighted by atomic mass is 16.5. The number of amides is 1. The highest BCUT2D eigenvalue weighted by Crippen LogP contribution is 2.21. The minimum atomic E-state index is 0.250. The van der Waals surface area contributed by atoms with Gasteiger partial charge in [-0.2, -0.15) is 0 Å². The molecule has 0 fully saturated rings. The smallest absolute Gasteiger partial charge is 0.204 e. The zero-order valence-corrected chi connectivity index (χ0v) is 24.4. The fraction of sp³-hybridized carbons (Fsp3) is 0.235. The number of rotatable bonds is 8. The lowest BCUT2D eigenvalue weighted by molar-refractivity contribution is -0.106. The largest absolute Gasteiger partial charge is 0.457 e. The third-order valence-corrected chi connectivity index (χ3v) is 5.10. The van der Waals surface area contributed by atoms with Crippen LogP contribution in [0.5, 0.6) is 11.5 Å². The predicted octanol–water partition coefficient (Wildman–Crippen LogP) is 7.06. The molecule has 4 N–H and O–H groups in total. The van der Waals surface area contributed by atoms with Gasteiger partial charge in [0.1, 0.15) is 17.8 Å². The molecule has 0 unspecified atom stereocenters. The van der Waals surface area contributed by atoms with Gasteiger partial charge in [0.05, 0.1) is 13.2 Å². The van der Waals surface area contributed by atoms with Crippen molar-refractivity contribution in [1.82, 2.24) is 0 Å². The topological polar surface area (TPSA) is 105 Å². The summed E-state index contributed by atoms with van der Waals surface area (Å²) in [6.45, 7) is 9.34. The standard InChI is InChI=1S/C21H20O2.C9H10O.C2H6.CH3NO.CH5N/c1-3-7-19(8-4-1)17-22-16-15-18-11-13-21(14-12-18)23-20-9-5-2-6-10-20;1-7-3-4-9(6-10)8(2)5-7;1-2;2-1-3;1-2/h1-14H,15-17H2;3-6H,1-2H3;1-2H3;1H,(H2,2,3);2H2,1H3. The number of nitrogens with two attached hydrogens (primary N) is 2. The first kappa shape index (κ1) is 35.7. The molecule has 0 saturated carbocycles. The number of aryl methyl sites for hydroxylation is 2. The van der Waals surface area contributed by atoms with Crippen molar-refractivity contribution in [3.63, 3.8) is 0 Å². The maximum Gasteiger partial charge on any atom is 0.204 e. The second-order valence-corrected chi connectivity index (χ2v) is 7.96. The van der Waals surface area contributed by atoms with Crippen molar-refractivity contribution >= 4 is 12.7 Å². The van der Waals surface area contributed by atoms with Crippen LogP contribution >= 0.6 is 0 Å². The fourth-order valence-corrected chi connectivity index (χ4v) is 3.26. The Morgan fingerprint density at radius 1 is 0.700 bits per heavy atom. The van der Waals surface area contributed by atoms with Crippen molar-refractivity contribution in [3.05, 3.63) is 131 Å². The van der Waals surface area contributed by atoms with Crippen LogP contribution < -0.4 is 16.2 Å². The number of primary amides is 1. The number of ether oxygens (including phenoxy) is 2. The van der Waals surface area contributed by atoms with E-state index in [9.17, 15) is 4.79 Å². The summed E-state index contributed by atoms with van der Waals surface area (Å²) in [4.78, 5) is 18.9. The summed E-state index contributed by atoms with van der Waals surface area (Å²) in [7, 11) is 1.50. The van der Waals surface area contributed by atoms with Crippen molar-refractivity contribution in [3.8, 4) is 11.5 Å². The molecule has 0 aliphatic carbocycles. The van der Waals surface area contributed by atoms with Crippen molar-refractivity contribution in [2.75, 3.05) is 13.7 Å². The molecule has 0 spiro atoms. The zero-order valence-electron chi connectivity index (χ0n) is 24.4. The molecule has 0 aliphatic rings. The number of carbonyl (C=O) groups excluding carboxylic acids is 2. The third kappa shape index (κ3) is 15.9. The van der Waals surface area contributed by atoms with Gasteiger partial charge in [-0.05, 0) is 68.3 Å². The van der Waals surface area contributed by atoms with E-state index >= 15 is 0 Å². The van der Waals surface area contributed by atoms with Crippen LogP contribution in [0.3, 0.4) is 0 Å². The Morgan fingerprint density at radius 3 is 1.75 bits per heavy atom. The van der Waals surface area contributed by atoms with E-state index in [1.807, 2.05) is 107 Å².